The molecule has 1 aromatic carbocycles. The minimum absolute atomic E-state index is 0.216. The second kappa shape index (κ2) is 6.23. The first-order chi connectivity index (χ1) is 12.2. The van der Waals surface area contributed by atoms with Crippen molar-refractivity contribution in [2.45, 2.75) is 46.4 Å². The number of hydrogen-bond donors (Lipinski definition) is 1. The number of hydrogen-bond acceptors (Lipinski definition) is 6. The first kappa shape index (κ1) is 15.7. The number of aromatic nitrogens is 4. The van der Waals surface area contributed by atoms with E-state index in [0.717, 1.165) is 35.7 Å². The number of aryl methyl sites for hydroxylation is 2. The third-order valence-corrected chi connectivity index (χ3v) is 4.61. The summed E-state index contributed by atoms with van der Waals surface area (Å²) in [7, 11) is 0. The summed E-state index contributed by atoms with van der Waals surface area (Å²) in [5, 5.41) is 15.9. The van der Waals surface area contributed by atoms with Crippen LogP contribution in [0.25, 0.3) is 0 Å². The number of benzene rings is 1. The van der Waals surface area contributed by atoms with Gasteiger partial charge in [-0.2, -0.15) is 5.10 Å². The molecule has 1 aliphatic rings. The van der Waals surface area contributed by atoms with Gasteiger partial charge < -0.3 is 14.5 Å². The van der Waals surface area contributed by atoms with Gasteiger partial charge in [-0.15, -0.1) is 5.10 Å². The maximum Gasteiger partial charge on any atom is 0.315 e. The molecule has 0 radical (unpaired) electrons. The van der Waals surface area contributed by atoms with Crippen molar-refractivity contribution in [1.82, 2.24) is 20.0 Å². The lowest BCUT2D eigenvalue weighted by Gasteiger charge is -2.05. The molecule has 0 saturated carbocycles. The third kappa shape index (κ3) is 2.86. The lowest BCUT2D eigenvalue weighted by Crippen LogP contribution is -2.04. The normalized spacial score (nSPS) is 15.9. The molecule has 4 rings (SSSR count). The lowest BCUT2D eigenvalue weighted by molar-refractivity contribution is 0.199. The van der Waals surface area contributed by atoms with E-state index >= 15 is 0 Å². The summed E-state index contributed by atoms with van der Waals surface area (Å²) in [6.45, 7) is 7.63. The maximum absolute atomic E-state index is 5.89. The zero-order valence-electron chi connectivity index (χ0n) is 14.6. The predicted molar refractivity (Wildman–Crippen MR) is 92.5 cm³/mol. The van der Waals surface area contributed by atoms with Gasteiger partial charge in [0.15, 0.2) is 6.10 Å². The highest BCUT2D eigenvalue weighted by Gasteiger charge is 2.28. The SMILES string of the molecule is CCn1nc(C)c(CNc2nnc(C3Cc4ccccc4O3)o2)c1C. The van der Waals surface area contributed by atoms with Gasteiger partial charge in [0.1, 0.15) is 5.75 Å². The Morgan fingerprint density at radius 1 is 1.24 bits per heavy atom. The highest BCUT2D eigenvalue weighted by molar-refractivity contribution is 5.38. The quantitative estimate of drug-likeness (QED) is 0.769. The summed E-state index contributed by atoms with van der Waals surface area (Å²) < 4.78 is 13.6. The summed E-state index contributed by atoms with van der Waals surface area (Å²) in [5.74, 6) is 1.38. The van der Waals surface area contributed by atoms with Crippen LogP contribution in [0.15, 0.2) is 28.7 Å². The molecule has 130 valence electrons. The van der Waals surface area contributed by atoms with Crippen molar-refractivity contribution in [3.63, 3.8) is 0 Å². The third-order valence-electron chi connectivity index (χ3n) is 4.61. The van der Waals surface area contributed by atoms with Crippen molar-refractivity contribution in [3.8, 4) is 5.75 Å². The number of nitrogens with zero attached hydrogens (tertiary/aromatic N) is 4. The molecule has 1 aliphatic heterocycles. The molecule has 7 nitrogen and oxygen atoms in total. The molecule has 0 fully saturated rings. The summed E-state index contributed by atoms with van der Waals surface area (Å²) in [5.41, 5.74) is 4.49. The van der Waals surface area contributed by atoms with Crippen LogP contribution in [0.3, 0.4) is 0 Å². The Labute approximate surface area is 146 Å². The largest absolute Gasteiger partial charge is 0.480 e. The van der Waals surface area contributed by atoms with Gasteiger partial charge in [-0.3, -0.25) is 4.68 Å². The minimum Gasteiger partial charge on any atom is -0.480 e. The molecule has 0 aliphatic carbocycles. The van der Waals surface area contributed by atoms with E-state index in [0.29, 0.717) is 18.5 Å². The van der Waals surface area contributed by atoms with Crippen molar-refractivity contribution < 1.29 is 9.15 Å². The Balaban J connectivity index is 1.44. The number of nitrogens with one attached hydrogen (secondary N) is 1. The van der Waals surface area contributed by atoms with Crippen LogP contribution in [0.4, 0.5) is 6.01 Å². The topological polar surface area (TPSA) is 78.0 Å². The van der Waals surface area contributed by atoms with Gasteiger partial charge in [-0.05, 0) is 32.4 Å². The molecule has 7 heteroatoms. The fourth-order valence-corrected chi connectivity index (χ4v) is 3.22. The van der Waals surface area contributed by atoms with E-state index in [-0.39, 0.29) is 6.10 Å². The fourth-order valence-electron chi connectivity index (χ4n) is 3.22. The number of fused-ring (bicyclic) bond motifs is 1. The summed E-state index contributed by atoms with van der Waals surface area (Å²) in [6, 6.07) is 8.39. The Hall–Kier alpha value is -2.83. The molecule has 3 heterocycles. The van der Waals surface area contributed by atoms with E-state index in [1.54, 1.807) is 0 Å². The van der Waals surface area contributed by atoms with Gasteiger partial charge in [0.2, 0.25) is 0 Å². The van der Waals surface area contributed by atoms with Crippen LogP contribution in [0, 0.1) is 13.8 Å². The van der Waals surface area contributed by atoms with Crippen LogP contribution in [0.1, 0.15) is 41.4 Å². The fraction of sp³-hybridized carbons (Fsp3) is 0.389. The van der Waals surface area contributed by atoms with Gasteiger partial charge >= 0.3 is 6.01 Å². The van der Waals surface area contributed by atoms with Crippen LogP contribution in [0.5, 0.6) is 5.75 Å². The molecule has 3 aromatic rings. The average molecular weight is 339 g/mol. The molecular formula is C18H21N5O2. The number of rotatable bonds is 5. The van der Waals surface area contributed by atoms with Crippen LogP contribution >= 0.6 is 0 Å². The number of ether oxygens (including phenoxy) is 1. The van der Waals surface area contributed by atoms with Crippen LogP contribution in [0.2, 0.25) is 0 Å². The van der Waals surface area contributed by atoms with E-state index in [2.05, 4.69) is 40.5 Å². The zero-order chi connectivity index (χ0) is 17.4. The monoisotopic (exact) mass is 339 g/mol. The van der Waals surface area contributed by atoms with Gasteiger partial charge in [0, 0.05) is 30.8 Å². The zero-order valence-corrected chi connectivity index (χ0v) is 14.6. The van der Waals surface area contributed by atoms with E-state index in [1.165, 1.54) is 5.56 Å². The Morgan fingerprint density at radius 3 is 2.84 bits per heavy atom. The molecule has 25 heavy (non-hydrogen) atoms. The van der Waals surface area contributed by atoms with Gasteiger partial charge in [-0.1, -0.05) is 23.3 Å². The van der Waals surface area contributed by atoms with Crippen molar-refractivity contribution in [2.75, 3.05) is 5.32 Å². The van der Waals surface area contributed by atoms with Crippen molar-refractivity contribution in [3.05, 3.63) is 52.7 Å². The molecule has 0 bridgehead atoms. The average Bonchev–Trinajstić information content (AvgIpc) is 3.30. The van der Waals surface area contributed by atoms with Crippen LogP contribution in [-0.2, 0) is 19.5 Å². The van der Waals surface area contributed by atoms with E-state index < -0.39 is 0 Å². The number of para-hydroxylation sites is 1. The predicted octanol–water partition coefficient (Wildman–Crippen LogP) is 3.19. The molecule has 1 N–H and O–H groups in total. The number of anilines is 1. The van der Waals surface area contributed by atoms with Crippen molar-refractivity contribution in [2.24, 2.45) is 0 Å². The van der Waals surface area contributed by atoms with E-state index in [1.807, 2.05) is 29.8 Å². The van der Waals surface area contributed by atoms with Gasteiger partial charge in [0.25, 0.3) is 5.89 Å². The highest BCUT2D eigenvalue weighted by Crippen LogP contribution is 2.36. The van der Waals surface area contributed by atoms with Gasteiger partial charge in [0.05, 0.1) is 5.69 Å². The van der Waals surface area contributed by atoms with Gasteiger partial charge in [-0.25, -0.2) is 0 Å². The van der Waals surface area contributed by atoms with E-state index in [4.69, 9.17) is 9.15 Å². The van der Waals surface area contributed by atoms with Crippen molar-refractivity contribution in [1.29, 1.82) is 0 Å². The Bertz CT molecular complexity index is 874. The molecule has 0 saturated heterocycles. The first-order valence-corrected chi connectivity index (χ1v) is 8.50. The van der Waals surface area contributed by atoms with Crippen LogP contribution < -0.4 is 10.1 Å². The Kier molecular flexibility index (Phi) is 3.91. The first-order valence-electron chi connectivity index (χ1n) is 8.50. The molecule has 0 amide bonds. The summed E-state index contributed by atoms with van der Waals surface area (Å²) in [6.07, 6.45) is 0.533. The molecule has 1 atom stereocenters. The lowest BCUT2D eigenvalue weighted by atomic mass is 10.1. The Morgan fingerprint density at radius 2 is 2.08 bits per heavy atom. The molecular weight excluding hydrogens is 318 g/mol. The minimum atomic E-state index is -0.216. The standard InChI is InChI=1S/C18H21N5O2/c1-4-23-12(3)14(11(2)22-23)10-19-18-21-20-17(25-18)16-9-13-7-5-6-8-15(13)24-16/h5-8,16H,4,9-10H2,1-3H3,(H,19,21). The molecule has 0 spiro atoms. The summed E-state index contributed by atoms with van der Waals surface area (Å²) >= 11 is 0. The maximum atomic E-state index is 5.89. The highest BCUT2D eigenvalue weighted by atomic mass is 16.5. The molecule has 1 unspecified atom stereocenters. The smallest absolute Gasteiger partial charge is 0.315 e. The van der Waals surface area contributed by atoms with Crippen LogP contribution in [-0.4, -0.2) is 20.0 Å². The second-order valence-electron chi connectivity index (χ2n) is 6.18. The second-order valence-corrected chi connectivity index (χ2v) is 6.18. The van der Waals surface area contributed by atoms with Crippen molar-refractivity contribution >= 4 is 6.01 Å². The van der Waals surface area contributed by atoms with E-state index in [9.17, 15) is 0 Å². The summed E-state index contributed by atoms with van der Waals surface area (Å²) in [4.78, 5) is 0. The molecule has 2 aromatic heterocycles.